The van der Waals surface area contributed by atoms with E-state index >= 15 is 0 Å². The number of nitrogens with zero attached hydrogens (tertiary/aromatic N) is 1. The van der Waals surface area contributed by atoms with Crippen LogP contribution in [0.4, 0.5) is 0 Å². The fraction of sp³-hybridized carbons (Fsp3) is 0.211. The topological polar surface area (TPSA) is 43.4 Å². The molecule has 2 aromatic carbocycles. The van der Waals surface area contributed by atoms with E-state index in [2.05, 4.69) is 44.8 Å². The van der Waals surface area contributed by atoms with Crippen molar-refractivity contribution in [2.75, 3.05) is 13.2 Å². The first-order chi connectivity index (χ1) is 12.3. The van der Waals surface area contributed by atoms with Gasteiger partial charge in [-0.1, -0.05) is 34.1 Å². The van der Waals surface area contributed by atoms with Crippen molar-refractivity contribution in [2.24, 2.45) is 0 Å². The Morgan fingerprint density at radius 3 is 2.80 bits per heavy atom. The quantitative estimate of drug-likeness (QED) is 0.657. The van der Waals surface area contributed by atoms with E-state index < -0.39 is 0 Å². The van der Waals surface area contributed by atoms with Crippen molar-refractivity contribution in [1.29, 1.82) is 0 Å². The first-order valence-electron chi connectivity index (χ1n) is 8.07. The van der Waals surface area contributed by atoms with Gasteiger partial charge in [-0.15, -0.1) is 11.3 Å². The molecule has 1 aromatic heterocycles. The van der Waals surface area contributed by atoms with Gasteiger partial charge in [0.25, 0.3) is 0 Å². The summed E-state index contributed by atoms with van der Waals surface area (Å²) in [5.41, 5.74) is 3.36. The molecule has 0 radical (unpaired) electrons. The predicted molar refractivity (Wildman–Crippen MR) is 103 cm³/mol. The molecule has 6 heteroatoms. The SMILES string of the molecule is Brc1cccc(-c2nc(CNCc3ccc4c(c3)OCCO4)cs2)c1. The zero-order valence-corrected chi connectivity index (χ0v) is 15.9. The molecule has 0 saturated carbocycles. The summed E-state index contributed by atoms with van der Waals surface area (Å²) in [4.78, 5) is 4.71. The third kappa shape index (κ3) is 4.03. The Hall–Kier alpha value is -1.89. The van der Waals surface area contributed by atoms with E-state index in [0.29, 0.717) is 13.2 Å². The lowest BCUT2D eigenvalue weighted by Crippen LogP contribution is -2.16. The lowest BCUT2D eigenvalue weighted by Gasteiger charge is -2.18. The Morgan fingerprint density at radius 2 is 1.92 bits per heavy atom. The Bertz CT molecular complexity index is 881. The molecule has 1 N–H and O–H groups in total. The van der Waals surface area contributed by atoms with E-state index in [-0.39, 0.29) is 0 Å². The van der Waals surface area contributed by atoms with Crippen molar-refractivity contribution in [3.63, 3.8) is 0 Å². The summed E-state index contributed by atoms with van der Waals surface area (Å²) in [6.45, 7) is 2.73. The second-order valence-electron chi connectivity index (χ2n) is 5.74. The minimum atomic E-state index is 0.612. The molecule has 0 bridgehead atoms. The number of nitrogens with one attached hydrogen (secondary N) is 1. The fourth-order valence-electron chi connectivity index (χ4n) is 2.67. The largest absolute Gasteiger partial charge is 0.486 e. The van der Waals surface area contributed by atoms with Crippen molar-refractivity contribution < 1.29 is 9.47 Å². The molecule has 4 rings (SSSR count). The molecule has 1 aliphatic heterocycles. The smallest absolute Gasteiger partial charge is 0.161 e. The van der Waals surface area contributed by atoms with Gasteiger partial charge in [0, 0.05) is 28.5 Å². The molecule has 128 valence electrons. The maximum absolute atomic E-state index is 5.62. The Labute approximate surface area is 159 Å². The molecule has 0 amide bonds. The number of halogens is 1. The Kier molecular flexibility index (Phi) is 5.01. The van der Waals surface area contributed by atoms with E-state index in [4.69, 9.17) is 14.5 Å². The maximum Gasteiger partial charge on any atom is 0.161 e. The molecular weight excluding hydrogens is 400 g/mol. The average Bonchev–Trinajstić information content (AvgIpc) is 3.11. The van der Waals surface area contributed by atoms with E-state index in [9.17, 15) is 0 Å². The summed E-state index contributed by atoms with van der Waals surface area (Å²) in [6.07, 6.45) is 0. The maximum atomic E-state index is 5.62. The Morgan fingerprint density at radius 1 is 1.04 bits per heavy atom. The lowest BCUT2D eigenvalue weighted by molar-refractivity contribution is 0.171. The first-order valence-corrected chi connectivity index (χ1v) is 9.75. The number of thiazole rings is 1. The number of aromatic nitrogens is 1. The molecule has 3 aromatic rings. The number of fused-ring (bicyclic) bond motifs is 1. The summed E-state index contributed by atoms with van der Waals surface area (Å²) in [6, 6.07) is 14.3. The number of rotatable bonds is 5. The molecule has 25 heavy (non-hydrogen) atoms. The van der Waals surface area contributed by atoms with E-state index in [1.54, 1.807) is 11.3 Å². The average molecular weight is 417 g/mol. The van der Waals surface area contributed by atoms with Gasteiger partial charge in [-0.2, -0.15) is 0 Å². The fourth-order valence-corrected chi connectivity index (χ4v) is 3.89. The second kappa shape index (κ2) is 7.56. The molecule has 0 aliphatic carbocycles. The number of ether oxygens (including phenoxy) is 2. The van der Waals surface area contributed by atoms with E-state index in [0.717, 1.165) is 45.3 Å². The summed E-state index contributed by atoms with van der Waals surface area (Å²) in [5, 5.41) is 6.58. The zero-order chi connectivity index (χ0) is 17.1. The summed E-state index contributed by atoms with van der Waals surface area (Å²) < 4.78 is 12.2. The van der Waals surface area contributed by atoms with Crippen LogP contribution in [0.3, 0.4) is 0 Å². The molecule has 4 nitrogen and oxygen atoms in total. The van der Waals surface area contributed by atoms with Gasteiger partial charge in [0.1, 0.15) is 18.2 Å². The van der Waals surface area contributed by atoms with Crippen LogP contribution in [0, 0.1) is 0 Å². The van der Waals surface area contributed by atoms with Gasteiger partial charge in [-0.25, -0.2) is 4.98 Å². The summed E-state index contributed by atoms with van der Waals surface area (Å²) >= 11 is 5.17. The van der Waals surface area contributed by atoms with Gasteiger partial charge >= 0.3 is 0 Å². The van der Waals surface area contributed by atoms with Crippen LogP contribution in [0.15, 0.2) is 52.3 Å². The Balaban J connectivity index is 1.36. The number of benzene rings is 2. The van der Waals surface area contributed by atoms with Gasteiger partial charge in [-0.05, 0) is 29.8 Å². The van der Waals surface area contributed by atoms with Crippen molar-refractivity contribution in [2.45, 2.75) is 13.1 Å². The molecule has 0 spiro atoms. The van der Waals surface area contributed by atoms with Gasteiger partial charge in [0.15, 0.2) is 11.5 Å². The molecule has 0 saturated heterocycles. The zero-order valence-electron chi connectivity index (χ0n) is 13.5. The van der Waals surface area contributed by atoms with Gasteiger partial charge in [-0.3, -0.25) is 0 Å². The third-order valence-corrected chi connectivity index (χ3v) is 5.30. The highest BCUT2D eigenvalue weighted by atomic mass is 79.9. The molecule has 0 atom stereocenters. The summed E-state index contributed by atoms with van der Waals surface area (Å²) in [5.74, 6) is 1.66. The highest BCUT2D eigenvalue weighted by Gasteiger charge is 2.11. The minimum absolute atomic E-state index is 0.612. The summed E-state index contributed by atoms with van der Waals surface area (Å²) in [7, 11) is 0. The highest BCUT2D eigenvalue weighted by molar-refractivity contribution is 9.10. The second-order valence-corrected chi connectivity index (χ2v) is 7.51. The minimum Gasteiger partial charge on any atom is -0.486 e. The van der Waals surface area contributed by atoms with Crippen LogP contribution < -0.4 is 14.8 Å². The van der Waals surface area contributed by atoms with Gasteiger partial charge in [0.2, 0.25) is 0 Å². The van der Waals surface area contributed by atoms with Crippen LogP contribution >= 0.6 is 27.3 Å². The van der Waals surface area contributed by atoms with Crippen LogP contribution in [0.25, 0.3) is 10.6 Å². The number of hydrogen-bond donors (Lipinski definition) is 1. The van der Waals surface area contributed by atoms with Crippen LogP contribution in [-0.4, -0.2) is 18.2 Å². The first kappa shape index (κ1) is 16.6. The highest BCUT2D eigenvalue weighted by Crippen LogP contribution is 2.30. The molecule has 2 heterocycles. The molecular formula is C19H17BrN2O2S. The predicted octanol–water partition coefficient (Wildman–Crippen LogP) is 4.63. The van der Waals surface area contributed by atoms with Crippen LogP contribution in [0.1, 0.15) is 11.3 Å². The molecule has 1 aliphatic rings. The standard InChI is InChI=1S/C19H17BrN2O2S/c20-15-3-1-2-14(9-15)19-22-16(12-25-19)11-21-10-13-4-5-17-18(8-13)24-7-6-23-17/h1-5,8-9,12,21H,6-7,10-11H2. The third-order valence-electron chi connectivity index (χ3n) is 3.87. The van der Waals surface area contributed by atoms with Crippen LogP contribution in [-0.2, 0) is 13.1 Å². The van der Waals surface area contributed by atoms with Crippen molar-refractivity contribution >= 4 is 27.3 Å². The lowest BCUT2D eigenvalue weighted by atomic mass is 10.2. The number of hydrogen-bond acceptors (Lipinski definition) is 5. The van der Waals surface area contributed by atoms with Gasteiger partial charge in [0.05, 0.1) is 5.69 Å². The normalized spacial score (nSPS) is 13.0. The van der Waals surface area contributed by atoms with Crippen molar-refractivity contribution in [3.8, 4) is 22.1 Å². The monoisotopic (exact) mass is 416 g/mol. The van der Waals surface area contributed by atoms with Crippen molar-refractivity contribution in [3.05, 3.63) is 63.6 Å². The van der Waals surface area contributed by atoms with Crippen LogP contribution in [0.2, 0.25) is 0 Å². The van der Waals surface area contributed by atoms with E-state index in [1.165, 1.54) is 5.56 Å². The van der Waals surface area contributed by atoms with Crippen LogP contribution in [0.5, 0.6) is 11.5 Å². The molecule has 0 unspecified atom stereocenters. The molecule has 0 fully saturated rings. The van der Waals surface area contributed by atoms with Gasteiger partial charge < -0.3 is 14.8 Å². The van der Waals surface area contributed by atoms with E-state index in [1.807, 2.05) is 24.3 Å². The van der Waals surface area contributed by atoms with Crippen molar-refractivity contribution in [1.82, 2.24) is 10.3 Å².